The number of esters is 1. The average molecular weight is 396 g/mol. The van der Waals surface area contributed by atoms with Crippen LogP contribution in [0.25, 0.3) is 0 Å². The number of anilines is 1. The van der Waals surface area contributed by atoms with Gasteiger partial charge in [0.25, 0.3) is 5.91 Å². The summed E-state index contributed by atoms with van der Waals surface area (Å²) in [6, 6.07) is 13.4. The maximum atomic E-state index is 12.1. The van der Waals surface area contributed by atoms with Crippen LogP contribution in [0.15, 0.2) is 42.5 Å². The molecule has 0 aliphatic carbocycles. The molecule has 0 bridgehead atoms. The summed E-state index contributed by atoms with van der Waals surface area (Å²) in [5, 5.41) is 11.4. The van der Waals surface area contributed by atoms with Crippen molar-refractivity contribution >= 4 is 17.6 Å². The topological polar surface area (TPSA) is 107 Å². The summed E-state index contributed by atoms with van der Waals surface area (Å²) in [4.78, 5) is 24.1. The molecule has 1 heterocycles. The van der Waals surface area contributed by atoms with Gasteiger partial charge in [0.1, 0.15) is 5.75 Å². The number of ether oxygens (including phenoxy) is 4. The predicted molar refractivity (Wildman–Crippen MR) is 103 cm³/mol. The number of amides is 1. The summed E-state index contributed by atoms with van der Waals surface area (Å²) in [5.74, 6) is 0.439. The van der Waals surface area contributed by atoms with Crippen LogP contribution in [-0.2, 0) is 14.3 Å². The fourth-order valence-corrected chi connectivity index (χ4v) is 2.55. The highest BCUT2D eigenvalue weighted by atomic mass is 16.6. The lowest BCUT2D eigenvalue weighted by atomic mass is 10.2. The normalized spacial score (nSPS) is 13.4. The van der Waals surface area contributed by atoms with E-state index < -0.39 is 24.6 Å². The fraction of sp³-hybridized carbons (Fsp3) is 0.286. The number of hydrogen-bond acceptors (Lipinski definition) is 7. The molecule has 3 rings (SSSR count). The van der Waals surface area contributed by atoms with E-state index in [1.54, 1.807) is 42.5 Å². The molecule has 0 unspecified atom stereocenters. The number of carbonyl (C=O) groups excluding carboxylic acids is 2. The van der Waals surface area contributed by atoms with E-state index in [-0.39, 0.29) is 0 Å². The van der Waals surface area contributed by atoms with Gasteiger partial charge < -0.3 is 24.3 Å². The summed E-state index contributed by atoms with van der Waals surface area (Å²) in [6.07, 6.45) is -0.122. The largest absolute Gasteiger partial charge is 0.490 e. The molecule has 0 saturated carbocycles. The third kappa shape index (κ3) is 5.62. The zero-order valence-corrected chi connectivity index (χ0v) is 15.8. The summed E-state index contributed by atoms with van der Waals surface area (Å²) in [6.45, 7) is 2.19. The van der Waals surface area contributed by atoms with Crippen molar-refractivity contribution in [2.75, 3.05) is 25.1 Å². The number of fused-ring (bicyclic) bond motifs is 1. The van der Waals surface area contributed by atoms with Gasteiger partial charge >= 0.3 is 5.97 Å². The van der Waals surface area contributed by atoms with Crippen LogP contribution in [0.3, 0.4) is 0 Å². The molecule has 1 atom stereocenters. The highest BCUT2D eigenvalue weighted by Gasteiger charge is 2.18. The molecule has 1 N–H and O–H groups in total. The molecule has 150 valence electrons. The van der Waals surface area contributed by atoms with Crippen molar-refractivity contribution in [2.45, 2.75) is 19.4 Å². The Morgan fingerprint density at radius 3 is 2.59 bits per heavy atom. The van der Waals surface area contributed by atoms with Crippen molar-refractivity contribution in [1.29, 1.82) is 5.26 Å². The first-order valence-electron chi connectivity index (χ1n) is 9.08. The van der Waals surface area contributed by atoms with Crippen LogP contribution >= 0.6 is 0 Å². The number of hydrogen-bond donors (Lipinski definition) is 1. The van der Waals surface area contributed by atoms with E-state index in [2.05, 4.69) is 5.32 Å². The van der Waals surface area contributed by atoms with Gasteiger partial charge in [0.05, 0.1) is 24.8 Å². The Kier molecular flexibility index (Phi) is 6.53. The maximum absolute atomic E-state index is 12.1. The monoisotopic (exact) mass is 396 g/mol. The number of nitrogens with zero attached hydrogens (tertiary/aromatic N) is 1. The van der Waals surface area contributed by atoms with E-state index >= 15 is 0 Å². The van der Waals surface area contributed by atoms with Crippen molar-refractivity contribution in [2.24, 2.45) is 0 Å². The Balaban J connectivity index is 1.47. The molecule has 0 saturated heterocycles. The number of benzene rings is 2. The van der Waals surface area contributed by atoms with E-state index in [0.29, 0.717) is 41.7 Å². The highest BCUT2D eigenvalue weighted by Crippen LogP contribution is 2.32. The van der Waals surface area contributed by atoms with Gasteiger partial charge in [-0.05, 0) is 43.3 Å². The number of nitriles is 1. The van der Waals surface area contributed by atoms with Gasteiger partial charge in [-0.25, -0.2) is 4.79 Å². The van der Waals surface area contributed by atoms with Crippen molar-refractivity contribution < 1.29 is 28.5 Å². The first kappa shape index (κ1) is 20.0. The third-order valence-corrected chi connectivity index (χ3v) is 4.00. The van der Waals surface area contributed by atoms with Gasteiger partial charge in [0.2, 0.25) is 0 Å². The number of nitrogens with one attached hydrogen (secondary N) is 1. The number of rotatable bonds is 6. The van der Waals surface area contributed by atoms with Crippen LogP contribution in [0.2, 0.25) is 0 Å². The van der Waals surface area contributed by atoms with Crippen LogP contribution in [0.1, 0.15) is 18.9 Å². The Hall–Kier alpha value is -3.73. The molecule has 0 fully saturated rings. The first-order chi connectivity index (χ1) is 14.0. The molecule has 29 heavy (non-hydrogen) atoms. The van der Waals surface area contributed by atoms with Crippen LogP contribution in [0.5, 0.6) is 17.2 Å². The molecule has 8 heteroatoms. The lowest BCUT2D eigenvalue weighted by Crippen LogP contribution is -2.29. The van der Waals surface area contributed by atoms with Gasteiger partial charge in [0, 0.05) is 18.2 Å². The van der Waals surface area contributed by atoms with E-state index in [4.69, 9.17) is 24.2 Å². The zero-order valence-electron chi connectivity index (χ0n) is 15.8. The van der Waals surface area contributed by atoms with Crippen molar-refractivity contribution in [3.63, 3.8) is 0 Å². The summed E-state index contributed by atoms with van der Waals surface area (Å²) >= 11 is 0. The predicted octanol–water partition coefficient (Wildman–Crippen LogP) is 2.67. The lowest BCUT2D eigenvalue weighted by Gasteiger charge is -2.14. The molecule has 8 nitrogen and oxygen atoms in total. The molecule has 1 aliphatic rings. The van der Waals surface area contributed by atoms with Crippen molar-refractivity contribution in [3.8, 4) is 23.3 Å². The van der Waals surface area contributed by atoms with E-state index in [1.807, 2.05) is 6.07 Å². The first-order valence-corrected chi connectivity index (χ1v) is 9.08. The molecule has 1 amide bonds. The second kappa shape index (κ2) is 9.46. The summed E-state index contributed by atoms with van der Waals surface area (Å²) in [5.41, 5.74) is 0.996. The average Bonchev–Trinajstić information content (AvgIpc) is 2.97. The maximum Gasteiger partial charge on any atom is 0.347 e. The van der Waals surface area contributed by atoms with Gasteiger partial charge in [-0.15, -0.1) is 0 Å². The minimum absolute atomic E-state index is 0.421. The Morgan fingerprint density at radius 2 is 1.86 bits per heavy atom. The third-order valence-electron chi connectivity index (χ3n) is 4.00. The molecule has 0 radical (unpaired) electrons. The quantitative estimate of drug-likeness (QED) is 0.748. The molecular weight excluding hydrogens is 376 g/mol. The lowest BCUT2D eigenvalue weighted by molar-refractivity contribution is -0.153. The van der Waals surface area contributed by atoms with Crippen LogP contribution in [0.4, 0.5) is 5.69 Å². The SMILES string of the molecule is C[C@H](Oc1ccc(C#N)cc1)C(=O)OCC(=O)Nc1ccc2c(c1)OCCCO2. The van der Waals surface area contributed by atoms with Gasteiger partial charge in [0.15, 0.2) is 24.2 Å². The van der Waals surface area contributed by atoms with Crippen molar-refractivity contribution in [3.05, 3.63) is 48.0 Å². The van der Waals surface area contributed by atoms with E-state index in [0.717, 1.165) is 6.42 Å². The smallest absolute Gasteiger partial charge is 0.347 e. The van der Waals surface area contributed by atoms with Gasteiger partial charge in [-0.1, -0.05) is 0 Å². The molecule has 0 aromatic heterocycles. The summed E-state index contributed by atoms with van der Waals surface area (Å²) < 4.78 is 21.6. The fourth-order valence-electron chi connectivity index (χ4n) is 2.55. The summed E-state index contributed by atoms with van der Waals surface area (Å²) in [7, 11) is 0. The number of carbonyl (C=O) groups is 2. The second-order valence-corrected chi connectivity index (χ2v) is 6.26. The Labute approximate surface area is 167 Å². The zero-order chi connectivity index (χ0) is 20.6. The van der Waals surface area contributed by atoms with Crippen molar-refractivity contribution in [1.82, 2.24) is 0 Å². The Bertz CT molecular complexity index is 920. The molecular formula is C21H20N2O6. The molecule has 2 aromatic rings. The minimum Gasteiger partial charge on any atom is -0.490 e. The minimum atomic E-state index is -0.909. The molecule has 1 aliphatic heterocycles. The second-order valence-electron chi connectivity index (χ2n) is 6.26. The molecule has 2 aromatic carbocycles. The van der Waals surface area contributed by atoms with Gasteiger partial charge in [-0.3, -0.25) is 4.79 Å². The van der Waals surface area contributed by atoms with Crippen LogP contribution in [-0.4, -0.2) is 37.8 Å². The standard InChI is InChI=1S/C21H20N2O6/c1-14(29-17-6-3-15(12-22)4-7-17)21(25)28-13-20(24)23-16-5-8-18-19(11-16)27-10-2-9-26-18/h3-8,11,14H,2,9-10,13H2,1H3,(H,23,24)/t14-/m0/s1. The van der Waals surface area contributed by atoms with E-state index in [1.165, 1.54) is 6.92 Å². The Morgan fingerprint density at radius 1 is 1.14 bits per heavy atom. The highest BCUT2D eigenvalue weighted by molar-refractivity contribution is 5.93. The van der Waals surface area contributed by atoms with Gasteiger partial charge in [-0.2, -0.15) is 5.26 Å². The van der Waals surface area contributed by atoms with E-state index in [9.17, 15) is 9.59 Å². The van der Waals surface area contributed by atoms with Crippen LogP contribution in [0, 0.1) is 11.3 Å². The molecule has 0 spiro atoms. The van der Waals surface area contributed by atoms with Crippen LogP contribution < -0.4 is 19.5 Å².